The van der Waals surface area contributed by atoms with Gasteiger partial charge in [0.05, 0.1) is 22.7 Å². The number of nitrogens with one attached hydrogen (secondary N) is 2. The van der Waals surface area contributed by atoms with Gasteiger partial charge in [-0.2, -0.15) is 31.3 Å². The molecule has 1 amide bonds. The molecule has 1 fully saturated rings. The van der Waals surface area contributed by atoms with Crippen molar-refractivity contribution in [1.82, 2.24) is 19.9 Å². The number of carbonyl (C=O) groups is 2. The lowest BCUT2D eigenvalue weighted by atomic mass is 9.83. The Kier molecular flexibility index (Phi) is 11.4. The van der Waals surface area contributed by atoms with Crippen LogP contribution in [-0.4, -0.2) is 45.4 Å². The van der Waals surface area contributed by atoms with Crippen LogP contribution in [0.5, 0.6) is 5.88 Å². The fraction of sp³-hybridized carbons (Fsp3) is 0.517. The monoisotopic (exact) mass is 651 g/mol. The number of nitrogens with zero attached hydrogens (tertiary/aromatic N) is 3. The van der Waals surface area contributed by atoms with Crippen molar-refractivity contribution in [3.8, 4) is 5.88 Å². The number of imidazole rings is 1. The van der Waals surface area contributed by atoms with Crippen LogP contribution in [-0.2, 0) is 24.6 Å². The molecule has 2 heterocycles. The van der Waals surface area contributed by atoms with E-state index in [1.54, 1.807) is 0 Å². The maximum atomic E-state index is 13.6. The number of ketones is 1. The summed E-state index contributed by atoms with van der Waals surface area (Å²) < 4.78 is 108. The van der Waals surface area contributed by atoms with Gasteiger partial charge in [0, 0.05) is 20.5 Å². The largest absolute Gasteiger partial charge is 0.471 e. The molecular weight excluding hydrogens is 618 g/mol. The SMILES string of the molecule is CC(=O)NCc1ccc(C(F)(F)F)c(Nc2nc3cc(C(C)=O)c(OCC(F)F)nc3n2C)c1.CC1CCC(C(F)(F)F)CC1. The van der Waals surface area contributed by atoms with Crippen LogP contribution in [0.15, 0.2) is 24.3 Å². The van der Waals surface area contributed by atoms with Crippen LogP contribution < -0.4 is 15.4 Å². The van der Waals surface area contributed by atoms with Crippen molar-refractivity contribution < 1.29 is 49.4 Å². The summed E-state index contributed by atoms with van der Waals surface area (Å²) in [5, 5.41) is 5.13. The maximum absolute atomic E-state index is 13.6. The third-order valence-corrected chi connectivity index (χ3v) is 7.19. The molecule has 45 heavy (non-hydrogen) atoms. The second kappa shape index (κ2) is 14.4. The zero-order chi connectivity index (χ0) is 33.7. The number of ether oxygens (including phenoxy) is 1. The van der Waals surface area contributed by atoms with Gasteiger partial charge in [-0.1, -0.05) is 25.8 Å². The Labute approximate surface area is 253 Å². The van der Waals surface area contributed by atoms with Gasteiger partial charge in [0.25, 0.3) is 6.43 Å². The van der Waals surface area contributed by atoms with Crippen LogP contribution >= 0.6 is 0 Å². The molecule has 0 aliphatic heterocycles. The lowest BCUT2D eigenvalue weighted by molar-refractivity contribution is -0.183. The van der Waals surface area contributed by atoms with E-state index in [9.17, 15) is 44.7 Å². The molecular formula is C29H33F8N5O3. The van der Waals surface area contributed by atoms with Crippen LogP contribution in [0, 0.1) is 11.8 Å². The van der Waals surface area contributed by atoms with Crippen LogP contribution in [0.4, 0.5) is 46.8 Å². The smallest absolute Gasteiger partial charge is 0.418 e. The van der Waals surface area contributed by atoms with E-state index in [4.69, 9.17) is 4.74 Å². The first kappa shape index (κ1) is 35.5. The molecule has 2 N–H and O–H groups in total. The number of hydrogen-bond acceptors (Lipinski definition) is 6. The number of hydrogen-bond donors (Lipinski definition) is 2. The van der Waals surface area contributed by atoms with E-state index < -0.39 is 42.6 Å². The minimum atomic E-state index is -4.68. The highest BCUT2D eigenvalue weighted by Crippen LogP contribution is 2.39. The molecule has 248 valence electrons. The molecule has 0 radical (unpaired) electrons. The summed E-state index contributed by atoms with van der Waals surface area (Å²) in [4.78, 5) is 31.4. The fourth-order valence-corrected chi connectivity index (χ4v) is 4.70. The van der Waals surface area contributed by atoms with Gasteiger partial charge >= 0.3 is 12.4 Å². The highest BCUT2D eigenvalue weighted by molar-refractivity contribution is 5.99. The number of alkyl halides is 8. The number of benzene rings is 1. The molecule has 16 heteroatoms. The lowest BCUT2D eigenvalue weighted by Crippen LogP contribution is -2.26. The van der Waals surface area contributed by atoms with Gasteiger partial charge in [-0.25, -0.2) is 13.8 Å². The van der Waals surface area contributed by atoms with Gasteiger partial charge in [0.1, 0.15) is 5.52 Å². The molecule has 1 aliphatic carbocycles. The van der Waals surface area contributed by atoms with Crippen molar-refractivity contribution in [1.29, 1.82) is 0 Å². The zero-order valence-electron chi connectivity index (χ0n) is 24.9. The molecule has 1 aromatic carbocycles. The topological polar surface area (TPSA) is 98.1 Å². The first-order chi connectivity index (χ1) is 20.9. The number of halogens is 8. The van der Waals surface area contributed by atoms with E-state index in [1.165, 1.54) is 43.7 Å². The highest BCUT2D eigenvalue weighted by atomic mass is 19.4. The third-order valence-electron chi connectivity index (χ3n) is 7.19. The van der Waals surface area contributed by atoms with Gasteiger partial charge in [-0.15, -0.1) is 0 Å². The Morgan fingerprint density at radius 2 is 1.67 bits per heavy atom. The predicted octanol–water partition coefficient (Wildman–Crippen LogP) is 7.59. The number of Topliss-reactive ketones (excluding diaryl/α,β-unsaturated/α-hetero) is 1. The molecule has 1 aliphatic rings. The second-order valence-electron chi connectivity index (χ2n) is 10.8. The highest BCUT2D eigenvalue weighted by Gasteiger charge is 2.40. The third kappa shape index (κ3) is 9.75. The first-order valence-corrected chi connectivity index (χ1v) is 13.9. The van der Waals surface area contributed by atoms with Gasteiger partial charge in [0.15, 0.2) is 18.0 Å². The molecule has 0 spiro atoms. The van der Waals surface area contributed by atoms with Crippen molar-refractivity contribution in [2.45, 2.75) is 71.8 Å². The number of amides is 1. The van der Waals surface area contributed by atoms with E-state index in [0.29, 0.717) is 24.3 Å². The van der Waals surface area contributed by atoms with Crippen LogP contribution in [0.3, 0.4) is 0 Å². The van der Waals surface area contributed by atoms with Crippen molar-refractivity contribution in [3.63, 3.8) is 0 Å². The average molecular weight is 652 g/mol. The van der Waals surface area contributed by atoms with Crippen LogP contribution in [0.1, 0.15) is 67.9 Å². The first-order valence-electron chi connectivity index (χ1n) is 13.9. The Morgan fingerprint density at radius 1 is 1.02 bits per heavy atom. The number of aryl methyl sites for hydroxylation is 1. The quantitative estimate of drug-likeness (QED) is 0.193. The van der Waals surface area contributed by atoms with Crippen molar-refractivity contribution in [2.24, 2.45) is 18.9 Å². The van der Waals surface area contributed by atoms with Gasteiger partial charge in [-0.3, -0.25) is 14.2 Å². The Hall–Kier alpha value is -3.98. The van der Waals surface area contributed by atoms with Crippen molar-refractivity contribution >= 4 is 34.5 Å². The van der Waals surface area contributed by atoms with E-state index in [0.717, 1.165) is 18.9 Å². The van der Waals surface area contributed by atoms with Crippen molar-refractivity contribution in [2.75, 3.05) is 11.9 Å². The number of fused-ring (bicyclic) bond motifs is 1. The minimum Gasteiger partial charge on any atom is -0.471 e. The summed E-state index contributed by atoms with van der Waals surface area (Å²) in [7, 11) is 1.45. The number of pyridine rings is 1. The number of rotatable bonds is 8. The van der Waals surface area contributed by atoms with E-state index in [2.05, 4.69) is 20.6 Å². The number of carbonyl (C=O) groups excluding carboxylic acids is 2. The molecule has 0 saturated heterocycles. The molecule has 0 unspecified atom stereocenters. The molecule has 1 saturated carbocycles. The zero-order valence-corrected chi connectivity index (χ0v) is 24.9. The Balaban J connectivity index is 0.000000423. The van der Waals surface area contributed by atoms with Gasteiger partial charge in [0.2, 0.25) is 17.7 Å². The average Bonchev–Trinajstić information content (AvgIpc) is 3.23. The van der Waals surface area contributed by atoms with Crippen LogP contribution in [0.25, 0.3) is 11.2 Å². The predicted molar refractivity (Wildman–Crippen MR) is 149 cm³/mol. The second-order valence-corrected chi connectivity index (χ2v) is 10.8. The molecule has 0 atom stereocenters. The van der Waals surface area contributed by atoms with E-state index >= 15 is 0 Å². The minimum absolute atomic E-state index is 0.0130. The molecule has 2 aromatic heterocycles. The summed E-state index contributed by atoms with van der Waals surface area (Å²) in [5.74, 6) is -1.76. The standard InChI is InChI=1S/C21H20F5N5O3.C8H13F3/c1-10(32)13-7-16-18(30-19(13)34-9-17(22)23)31(3)20(29-16)28-15-6-12(8-27-11(2)33)4-5-14(15)21(24,25)26;1-6-2-4-7(5-3-6)8(9,10)11/h4-7,17H,8-9H2,1-3H3,(H,27,33)(H,28,29);6-7H,2-5H2,1H3. The van der Waals surface area contributed by atoms with Crippen molar-refractivity contribution in [3.05, 3.63) is 41.0 Å². The number of anilines is 2. The maximum Gasteiger partial charge on any atom is 0.418 e. The van der Waals surface area contributed by atoms with E-state index in [1.807, 2.05) is 6.92 Å². The summed E-state index contributed by atoms with van der Waals surface area (Å²) in [6.07, 6.45) is -9.27. The van der Waals surface area contributed by atoms with Gasteiger partial charge in [-0.05, 0) is 49.4 Å². The lowest BCUT2D eigenvalue weighted by Gasteiger charge is -2.27. The summed E-state index contributed by atoms with van der Waals surface area (Å²) in [5.41, 5.74) is -0.739. The molecule has 8 nitrogen and oxygen atoms in total. The Bertz CT molecular complexity index is 1500. The number of aromatic nitrogens is 3. The van der Waals surface area contributed by atoms with E-state index in [-0.39, 0.29) is 46.7 Å². The molecule has 4 rings (SSSR count). The summed E-state index contributed by atoms with van der Waals surface area (Å²) in [6.45, 7) is 3.52. The molecule has 3 aromatic rings. The normalized spacial score (nSPS) is 17.1. The summed E-state index contributed by atoms with van der Waals surface area (Å²) in [6, 6.07) is 4.62. The van der Waals surface area contributed by atoms with Crippen LogP contribution in [0.2, 0.25) is 0 Å². The summed E-state index contributed by atoms with van der Waals surface area (Å²) >= 11 is 0. The fourth-order valence-electron chi connectivity index (χ4n) is 4.70. The van der Waals surface area contributed by atoms with Gasteiger partial charge < -0.3 is 15.4 Å². The molecule has 0 bridgehead atoms. The Morgan fingerprint density at radius 3 is 2.20 bits per heavy atom.